The van der Waals surface area contributed by atoms with Gasteiger partial charge in [-0.25, -0.2) is 8.78 Å². The Labute approximate surface area is 157 Å². The highest BCUT2D eigenvalue weighted by Gasteiger charge is 2.32. The summed E-state index contributed by atoms with van der Waals surface area (Å²) in [5, 5.41) is 0. The van der Waals surface area contributed by atoms with Crippen LogP contribution in [0.5, 0.6) is 11.5 Å². The Balaban J connectivity index is 0.00000243. The van der Waals surface area contributed by atoms with E-state index in [1.165, 1.54) is 6.07 Å². The molecule has 3 rings (SSSR count). The summed E-state index contributed by atoms with van der Waals surface area (Å²) in [5.74, 6) is -0.859. The lowest BCUT2D eigenvalue weighted by Gasteiger charge is -2.21. The molecule has 2 aromatic carbocycles. The lowest BCUT2D eigenvalue weighted by molar-refractivity contribution is 0.0743. The SMILES string of the molecule is CC1CC(CN)CN1C(=O)c1ccc(Oc2ccc(F)cc2F)cc1.Cl. The lowest BCUT2D eigenvalue weighted by atomic mass is 10.1. The van der Waals surface area contributed by atoms with Crippen LogP contribution in [0.1, 0.15) is 23.7 Å². The molecule has 1 saturated heterocycles. The quantitative estimate of drug-likeness (QED) is 0.869. The topological polar surface area (TPSA) is 55.6 Å². The first-order valence-corrected chi connectivity index (χ1v) is 8.22. The second-order valence-electron chi connectivity index (χ2n) is 6.35. The van der Waals surface area contributed by atoms with Crippen molar-refractivity contribution in [2.75, 3.05) is 13.1 Å². The molecule has 7 heteroatoms. The van der Waals surface area contributed by atoms with Gasteiger partial charge in [-0.15, -0.1) is 12.4 Å². The van der Waals surface area contributed by atoms with E-state index in [1.807, 2.05) is 11.8 Å². The van der Waals surface area contributed by atoms with E-state index in [1.54, 1.807) is 24.3 Å². The fourth-order valence-electron chi connectivity index (χ4n) is 3.11. The zero-order valence-electron chi connectivity index (χ0n) is 14.3. The van der Waals surface area contributed by atoms with Crippen LogP contribution in [0.4, 0.5) is 8.78 Å². The Bertz CT molecular complexity index is 771. The van der Waals surface area contributed by atoms with Gasteiger partial charge in [-0.1, -0.05) is 0 Å². The van der Waals surface area contributed by atoms with E-state index in [0.717, 1.165) is 18.6 Å². The van der Waals surface area contributed by atoms with Crippen molar-refractivity contribution in [3.63, 3.8) is 0 Å². The molecule has 0 spiro atoms. The Morgan fingerprint density at radius 2 is 1.92 bits per heavy atom. The van der Waals surface area contributed by atoms with Crippen LogP contribution in [0.3, 0.4) is 0 Å². The number of amides is 1. The van der Waals surface area contributed by atoms with Crippen molar-refractivity contribution in [2.24, 2.45) is 11.7 Å². The number of rotatable bonds is 4. The molecule has 1 heterocycles. The van der Waals surface area contributed by atoms with Gasteiger partial charge in [0, 0.05) is 24.2 Å². The first-order chi connectivity index (χ1) is 12.0. The van der Waals surface area contributed by atoms with Gasteiger partial charge in [0.2, 0.25) is 0 Å². The third-order valence-corrected chi connectivity index (χ3v) is 4.48. The van der Waals surface area contributed by atoms with E-state index in [2.05, 4.69) is 0 Å². The molecule has 0 saturated carbocycles. The number of hydrogen-bond donors (Lipinski definition) is 1. The summed E-state index contributed by atoms with van der Waals surface area (Å²) < 4.78 is 31.9. The van der Waals surface area contributed by atoms with Crippen molar-refractivity contribution in [1.82, 2.24) is 4.90 Å². The highest BCUT2D eigenvalue weighted by Crippen LogP contribution is 2.27. The Hall–Kier alpha value is -2.18. The average Bonchev–Trinajstić information content (AvgIpc) is 2.98. The number of nitrogens with zero attached hydrogens (tertiary/aromatic N) is 1. The van der Waals surface area contributed by atoms with Gasteiger partial charge in [0.1, 0.15) is 11.6 Å². The highest BCUT2D eigenvalue weighted by atomic mass is 35.5. The van der Waals surface area contributed by atoms with Crippen LogP contribution in [0, 0.1) is 17.6 Å². The largest absolute Gasteiger partial charge is 0.454 e. The highest BCUT2D eigenvalue weighted by molar-refractivity contribution is 5.94. The van der Waals surface area contributed by atoms with Gasteiger partial charge < -0.3 is 15.4 Å². The smallest absolute Gasteiger partial charge is 0.254 e. The van der Waals surface area contributed by atoms with Crippen LogP contribution in [0.2, 0.25) is 0 Å². The van der Waals surface area contributed by atoms with Crippen LogP contribution in [-0.2, 0) is 0 Å². The number of ether oxygens (including phenoxy) is 1. The fourth-order valence-corrected chi connectivity index (χ4v) is 3.11. The van der Waals surface area contributed by atoms with Gasteiger partial charge in [-0.3, -0.25) is 4.79 Å². The summed E-state index contributed by atoms with van der Waals surface area (Å²) in [6.45, 7) is 3.25. The van der Waals surface area contributed by atoms with Crippen molar-refractivity contribution in [3.05, 3.63) is 59.7 Å². The number of likely N-dealkylation sites (tertiary alicyclic amines) is 1. The number of carbonyl (C=O) groups is 1. The molecule has 2 aromatic rings. The maximum atomic E-state index is 13.6. The minimum atomic E-state index is -0.779. The van der Waals surface area contributed by atoms with Crippen molar-refractivity contribution in [3.8, 4) is 11.5 Å². The first-order valence-electron chi connectivity index (χ1n) is 8.22. The summed E-state index contributed by atoms with van der Waals surface area (Å²) >= 11 is 0. The molecular weight excluding hydrogens is 362 g/mol. The second-order valence-corrected chi connectivity index (χ2v) is 6.35. The molecule has 4 nitrogen and oxygen atoms in total. The zero-order valence-corrected chi connectivity index (χ0v) is 15.1. The van der Waals surface area contributed by atoms with E-state index in [0.29, 0.717) is 30.3 Å². The fraction of sp³-hybridized carbons (Fsp3) is 0.316. The molecule has 1 fully saturated rings. The number of carbonyl (C=O) groups excluding carboxylic acids is 1. The first kappa shape index (κ1) is 20.1. The molecule has 0 aromatic heterocycles. The summed E-state index contributed by atoms with van der Waals surface area (Å²) in [4.78, 5) is 14.4. The number of hydrogen-bond acceptors (Lipinski definition) is 3. The predicted octanol–water partition coefficient (Wildman–Crippen LogP) is 3.99. The summed E-state index contributed by atoms with van der Waals surface area (Å²) in [5.41, 5.74) is 6.24. The number of nitrogens with two attached hydrogens (primary N) is 1. The molecule has 1 amide bonds. The number of halogens is 3. The molecule has 0 bridgehead atoms. The average molecular weight is 383 g/mol. The van der Waals surface area contributed by atoms with Crippen LogP contribution < -0.4 is 10.5 Å². The van der Waals surface area contributed by atoms with Crippen molar-refractivity contribution >= 4 is 18.3 Å². The third-order valence-electron chi connectivity index (χ3n) is 4.48. The Kier molecular flexibility index (Phi) is 6.56. The minimum absolute atomic E-state index is 0. The van der Waals surface area contributed by atoms with Gasteiger partial charge in [-0.2, -0.15) is 0 Å². The van der Waals surface area contributed by atoms with Gasteiger partial charge in [0.15, 0.2) is 11.6 Å². The van der Waals surface area contributed by atoms with Gasteiger partial charge >= 0.3 is 0 Å². The van der Waals surface area contributed by atoms with E-state index in [4.69, 9.17) is 10.5 Å². The van der Waals surface area contributed by atoms with Crippen molar-refractivity contribution in [2.45, 2.75) is 19.4 Å². The molecule has 140 valence electrons. The summed E-state index contributed by atoms with van der Waals surface area (Å²) in [7, 11) is 0. The molecular formula is C19H21ClF2N2O2. The third kappa shape index (κ3) is 4.31. The summed E-state index contributed by atoms with van der Waals surface area (Å²) in [6.07, 6.45) is 0.910. The van der Waals surface area contributed by atoms with Crippen molar-refractivity contribution in [1.29, 1.82) is 0 Å². The van der Waals surface area contributed by atoms with Crippen LogP contribution in [-0.4, -0.2) is 29.9 Å². The number of benzene rings is 2. The molecule has 2 unspecified atom stereocenters. The van der Waals surface area contributed by atoms with Gasteiger partial charge in [-0.05, 0) is 62.2 Å². The monoisotopic (exact) mass is 382 g/mol. The van der Waals surface area contributed by atoms with Crippen molar-refractivity contribution < 1.29 is 18.3 Å². The van der Waals surface area contributed by atoms with E-state index in [9.17, 15) is 13.6 Å². The summed E-state index contributed by atoms with van der Waals surface area (Å²) in [6, 6.07) is 9.74. The van der Waals surface area contributed by atoms with Gasteiger partial charge in [0.05, 0.1) is 0 Å². The lowest BCUT2D eigenvalue weighted by Crippen LogP contribution is -2.34. The Morgan fingerprint density at radius 1 is 1.23 bits per heavy atom. The van der Waals surface area contributed by atoms with E-state index >= 15 is 0 Å². The van der Waals surface area contributed by atoms with E-state index in [-0.39, 0.29) is 30.1 Å². The normalized spacial score (nSPS) is 19.2. The minimum Gasteiger partial charge on any atom is -0.454 e. The maximum absolute atomic E-state index is 13.6. The van der Waals surface area contributed by atoms with Crippen LogP contribution in [0.15, 0.2) is 42.5 Å². The molecule has 0 radical (unpaired) electrons. The zero-order chi connectivity index (χ0) is 18.0. The molecule has 1 aliphatic rings. The Morgan fingerprint density at radius 3 is 2.50 bits per heavy atom. The van der Waals surface area contributed by atoms with Crippen LogP contribution >= 0.6 is 12.4 Å². The van der Waals surface area contributed by atoms with E-state index < -0.39 is 11.6 Å². The predicted molar refractivity (Wildman–Crippen MR) is 97.8 cm³/mol. The molecule has 2 atom stereocenters. The standard InChI is InChI=1S/C19H20F2N2O2.ClH/c1-12-8-13(10-22)11-23(12)19(24)14-2-5-16(6-3-14)25-18-7-4-15(20)9-17(18)21;/h2-7,9,12-13H,8,10-11,22H2,1H3;1H. The van der Waals surface area contributed by atoms with Crippen LogP contribution in [0.25, 0.3) is 0 Å². The molecule has 26 heavy (non-hydrogen) atoms. The molecule has 0 aliphatic carbocycles. The molecule has 1 aliphatic heterocycles. The maximum Gasteiger partial charge on any atom is 0.254 e. The second kappa shape index (κ2) is 8.47. The van der Waals surface area contributed by atoms with Gasteiger partial charge in [0.25, 0.3) is 5.91 Å². The molecule has 2 N–H and O–H groups in total.